The monoisotopic (exact) mass is 289 g/mol. The van der Waals surface area contributed by atoms with Gasteiger partial charge in [-0.25, -0.2) is 0 Å². The fraction of sp³-hybridized carbons (Fsp3) is 0.471. The molecule has 2 rings (SSSR count). The molecule has 0 atom stereocenters. The van der Waals surface area contributed by atoms with E-state index in [4.69, 9.17) is 4.74 Å². The first kappa shape index (κ1) is 15.6. The van der Waals surface area contributed by atoms with E-state index in [1.807, 2.05) is 0 Å². The second-order valence-corrected chi connectivity index (χ2v) is 5.72. The standard InChI is InChI=1S/C17H23NO3/c1-3-12-21-15-8-6-14(7-9-15)16(19)18(2)13-17(20)10-4-5-11-17/h3,6-9,20H,1,4-5,10-13H2,2H3. The summed E-state index contributed by atoms with van der Waals surface area (Å²) in [5.74, 6) is 0.633. The van der Waals surface area contributed by atoms with Gasteiger partial charge in [0, 0.05) is 19.2 Å². The lowest BCUT2D eigenvalue weighted by molar-refractivity contribution is 0.0157. The zero-order valence-corrected chi connectivity index (χ0v) is 12.5. The average Bonchev–Trinajstić information content (AvgIpc) is 2.91. The molecule has 1 aromatic carbocycles. The fourth-order valence-electron chi connectivity index (χ4n) is 2.77. The van der Waals surface area contributed by atoms with Crippen molar-refractivity contribution in [1.82, 2.24) is 4.90 Å². The van der Waals surface area contributed by atoms with E-state index in [0.29, 0.717) is 24.5 Å². The van der Waals surface area contributed by atoms with Gasteiger partial charge in [0.05, 0.1) is 5.60 Å². The second-order valence-electron chi connectivity index (χ2n) is 5.72. The Bertz CT molecular complexity index is 489. The lowest BCUT2D eigenvalue weighted by Gasteiger charge is -2.28. The number of carbonyl (C=O) groups excluding carboxylic acids is 1. The zero-order valence-electron chi connectivity index (χ0n) is 12.5. The Kier molecular flexibility index (Phi) is 5.02. The number of hydrogen-bond donors (Lipinski definition) is 1. The summed E-state index contributed by atoms with van der Waals surface area (Å²) >= 11 is 0. The minimum absolute atomic E-state index is 0.0782. The minimum atomic E-state index is -0.711. The predicted molar refractivity (Wildman–Crippen MR) is 82.5 cm³/mol. The smallest absolute Gasteiger partial charge is 0.253 e. The molecule has 0 unspecified atom stereocenters. The largest absolute Gasteiger partial charge is 0.490 e. The number of rotatable bonds is 6. The molecule has 0 aromatic heterocycles. The van der Waals surface area contributed by atoms with Crippen LogP contribution in [0.3, 0.4) is 0 Å². The van der Waals surface area contributed by atoms with Gasteiger partial charge in [-0.3, -0.25) is 4.79 Å². The highest BCUT2D eigenvalue weighted by Gasteiger charge is 2.33. The number of ether oxygens (including phenoxy) is 1. The number of hydrogen-bond acceptors (Lipinski definition) is 3. The van der Waals surface area contributed by atoms with Crippen LogP contribution < -0.4 is 4.74 Å². The average molecular weight is 289 g/mol. The maximum absolute atomic E-state index is 12.4. The summed E-state index contributed by atoms with van der Waals surface area (Å²) < 4.78 is 5.39. The van der Waals surface area contributed by atoms with Gasteiger partial charge < -0.3 is 14.7 Å². The summed E-state index contributed by atoms with van der Waals surface area (Å²) in [6.07, 6.45) is 5.30. The van der Waals surface area contributed by atoms with Gasteiger partial charge in [0.25, 0.3) is 5.91 Å². The summed E-state index contributed by atoms with van der Waals surface area (Å²) in [6.45, 7) is 4.42. The van der Waals surface area contributed by atoms with Crippen LogP contribution in [0.25, 0.3) is 0 Å². The van der Waals surface area contributed by atoms with Crippen LogP contribution in [0, 0.1) is 0 Å². The van der Waals surface area contributed by atoms with Crippen LogP contribution in [0.4, 0.5) is 0 Å². The van der Waals surface area contributed by atoms with Crippen molar-refractivity contribution in [2.75, 3.05) is 20.2 Å². The van der Waals surface area contributed by atoms with Crippen LogP contribution in [-0.4, -0.2) is 41.7 Å². The molecule has 114 valence electrons. The van der Waals surface area contributed by atoms with Crippen molar-refractivity contribution in [3.8, 4) is 5.75 Å². The van der Waals surface area contributed by atoms with Crippen molar-refractivity contribution in [3.63, 3.8) is 0 Å². The van der Waals surface area contributed by atoms with Crippen LogP contribution in [0.2, 0.25) is 0 Å². The summed E-state index contributed by atoms with van der Waals surface area (Å²) in [7, 11) is 1.74. The van der Waals surface area contributed by atoms with Gasteiger partial charge in [0.15, 0.2) is 0 Å². The number of benzene rings is 1. The minimum Gasteiger partial charge on any atom is -0.490 e. The van der Waals surface area contributed by atoms with E-state index in [9.17, 15) is 9.90 Å². The van der Waals surface area contributed by atoms with Gasteiger partial charge in [-0.2, -0.15) is 0 Å². The Balaban J connectivity index is 1.96. The van der Waals surface area contributed by atoms with Crippen LogP contribution in [0.1, 0.15) is 36.0 Å². The third-order valence-electron chi connectivity index (χ3n) is 3.88. The highest BCUT2D eigenvalue weighted by Crippen LogP contribution is 2.30. The van der Waals surface area contributed by atoms with Gasteiger partial charge >= 0.3 is 0 Å². The molecule has 0 saturated heterocycles. The Morgan fingerprint density at radius 3 is 2.57 bits per heavy atom. The summed E-state index contributed by atoms with van der Waals surface area (Å²) in [6, 6.07) is 7.04. The lowest BCUT2D eigenvalue weighted by atomic mass is 10.0. The molecule has 1 saturated carbocycles. The Morgan fingerprint density at radius 1 is 1.38 bits per heavy atom. The molecule has 4 heteroatoms. The number of aliphatic hydroxyl groups is 1. The SMILES string of the molecule is C=CCOc1ccc(C(=O)N(C)CC2(O)CCCC2)cc1. The first-order valence-corrected chi connectivity index (χ1v) is 7.36. The summed E-state index contributed by atoms with van der Waals surface area (Å²) in [4.78, 5) is 14.0. The molecule has 1 aliphatic rings. The number of likely N-dealkylation sites (N-methyl/N-ethyl adjacent to an activating group) is 1. The molecule has 4 nitrogen and oxygen atoms in total. The van der Waals surface area contributed by atoms with Gasteiger partial charge in [-0.1, -0.05) is 25.5 Å². The Morgan fingerprint density at radius 2 is 2.00 bits per heavy atom. The van der Waals surface area contributed by atoms with Crippen molar-refractivity contribution in [2.24, 2.45) is 0 Å². The zero-order chi connectivity index (χ0) is 15.3. The molecule has 1 fully saturated rings. The molecular formula is C17H23NO3. The molecule has 21 heavy (non-hydrogen) atoms. The van der Waals surface area contributed by atoms with Gasteiger partial charge in [-0.05, 0) is 37.1 Å². The van der Waals surface area contributed by atoms with Crippen molar-refractivity contribution < 1.29 is 14.6 Å². The predicted octanol–water partition coefficient (Wildman–Crippen LogP) is 2.63. The molecule has 0 heterocycles. The van der Waals surface area contributed by atoms with Crippen molar-refractivity contribution in [3.05, 3.63) is 42.5 Å². The van der Waals surface area contributed by atoms with Crippen molar-refractivity contribution in [2.45, 2.75) is 31.3 Å². The van der Waals surface area contributed by atoms with E-state index in [1.165, 1.54) is 0 Å². The maximum Gasteiger partial charge on any atom is 0.253 e. The van der Waals surface area contributed by atoms with E-state index in [1.54, 1.807) is 42.3 Å². The first-order chi connectivity index (χ1) is 10.0. The fourth-order valence-corrected chi connectivity index (χ4v) is 2.77. The van der Waals surface area contributed by atoms with Crippen molar-refractivity contribution in [1.29, 1.82) is 0 Å². The van der Waals surface area contributed by atoms with Crippen LogP contribution in [0.15, 0.2) is 36.9 Å². The van der Waals surface area contributed by atoms with Crippen LogP contribution in [-0.2, 0) is 0 Å². The molecule has 1 aliphatic carbocycles. The van der Waals surface area contributed by atoms with E-state index in [2.05, 4.69) is 6.58 Å². The van der Waals surface area contributed by atoms with E-state index < -0.39 is 5.60 Å². The number of amides is 1. The van der Waals surface area contributed by atoms with E-state index >= 15 is 0 Å². The molecule has 0 spiro atoms. The molecule has 0 radical (unpaired) electrons. The lowest BCUT2D eigenvalue weighted by Crippen LogP contribution is -2.42. The first-order valence-electron chi connectivity index (χ1n) is 7.36. The highest BCUT2D eigenvalue weighted by molar-refractivity contribution is 5.94. The molecule has 0 bridgehead atoms. The molecule has 0 aliphatic heterocycles. The third kappa shape index (κ3) is 4.08. The molecular weight excluding hydrogens is 266 g/mol. The Hall–Kier alpha value is -1.81. The van der Waals surface area contributed by atoms with Gasteiger partial charge in [-0.15, -0.1) is 0 Å². The Labute approximate surface area is 126 Å². The van der Waals surface area contributed by atoms with Crippen LogP contribution >= 0.6 is 0 Å². The van der Waals surface area contributed by atoms with E-state index in [0.717, 1.165) is 25.7 Å². The van der Waals surface area contributed by atoms with Crippen molar-refractivity contribution >= 4 is 5.91 Å². The second kappa shape index (κ2) is 6.76. The maximum atomic E-state index is 12.4. The summed E-state index contributed by atoms with van der Waals surface area (Å²) in [5.41, 5.74) is -0.109. The summed E-state index contributed by atoms with van der Waals surface area (Å²) in [5, 5.41) is 10.4. The topological polar surface area (TPSA) is 49.8 Å². The number of carbonyl (C=O) groups is 1. The molecule has 1 amide bonds. The van der Waals surface area contributed by atoms with Gasteiger partial charge in [0.1, 0.15) is 12.4 Å². The third-order valence-corrected chi connectivity index (χ3v) is 3.88. The van der Waals surface area contributed by atoms with E-state index in [-0.39, 0.29) is 5.91 Å². The number of nitrogens with zero attached hydrogens (tertiary/aromatic N) is 1. The normalized spacial score (nSPS) is 16.5. The van der Waals surface area contributed by atoms with Crippen LogP contribution in [0.5, 0.6) is 5.75 Å². The quantitative estimate of drug-likeness (QED) is 0.819. The molecule has 1 aromatic rings. The molecule has 1 N–H and O–H groups in total. The highest BCUT2D eigenvalue weighted by atomic mass is 16.5. The van der Waals surface area contributed by atoms with Gasteiger partial charge in [0.2, 0.25) is 0 Å².